The first kappa shape index (κ1) is 13.8. The molecule has 0 aliphatic heterocycles. The van der Waals surface area contributed by atoms with Gasteiger partial charge in [0.1, 0.15) is 0 Å². The lowest BCUT2D eigenvalue weighted by Crippen LogP contribution is -2.24. The predicted octanol–water partition coefficient (Wildman–Crippen LogP) is 4.85. The van der Waals surface area contributed by atoms with Crippen LogP contribution < -0.4 is 5.32 Å². The van der Waals surface area contributed by atoms with Crippen molar-refractivity contribution in [3.05, 3.63) is 64.7 Å². The van der Waals surface area contributed by atoms with Crippen LogP contribution in [0.3, 0.4) is 0 Å². The van der Waals surface area contributed by atoms with E-state index in [0.717, 1.165) is 5.56 Å². The molecule has 0 radical (unpaired) electrons. The standard InChI is InChI=1S/C15H14ClF2N/c1-11-7-8-14(13(16)9-11)19-10-15(17,18)12-5-3-2-4-6-12/h2-9,19H,10H2,1H3. The van der Waals surface area contributed by atoms with Crippen LogP contribution in [0.25, 0.3) is 0 Å². The van der Waals surface area contributed by atoms with Crippen LogP contribution in [0.1, 0.15) is 11.1 Å². The van der Waals surface area contributed by atoms with Crippen LogP contribution >= 0.6 is 11.6 Å². The van der Waals surface area contributed by atoms with Crippen molar-refractivity contribution in [3.8, 4) is 0 Å². The maximum absolute atomic E-state index is 13.9. The zero-order valence-electron chi connectivity index (χ0n) is 10.5. The highest BCUT2D eigenvalue weighted by Crippen LogP contribution is 2.30. The minimum atomic E-state index is -2.94. The molecule has 2 aromatic rings. The molecule has 1 nitrogen and oxygen atoms in total. The zero-order valence-corrected chi connectivity index (χ0v) is 11.2. The fraction of sp³-hybridized carbons (Fsp3) is 0.200. The Kier molecular flexibility index (Phi) is 4.05. The van der Waals surface area contributed by atoms with Gasteiger partial charge in [0.25, 0.3) is 5.92 Å². The van der Waals surface area contributed by atoms with E-state index in [9.17, 15) is 8.78 Å². The van der Waals surface area contributed by atoms with Gasteiger partial charge in [0.2, 0.25) is 0 Å². The first-order valence-corrected chi connectivity index (χ1v) is 6.30. The number of hydrogen-bond acceptors (Lipinski definition) is 1. The highest BCUT2D eigenvalue weighted by atomic mass is 35.5. The van der Waals surface area contributed by atoms with Crippen LogP contribution in [-0.4, -0.2) is 6.54 Å². The summed E-state index contributed by atoms with van der Waals surface area (Å²) >= 11 is 6.00. The van der Waals surface area contributed by atoms with Crippen LogP contribution in [0.15, 0.2) is 48.5 Å². The van der Waals surface area contributed by atoms with Crippen LogP contribution in [0, 0.1) is 6.92 Å². The van der Waals surface area contributed by atoms with Crippen molar-refractivity contribution >= 4 is 17.3 Å². The molecule has 2 rings (SSSR count). The van der Waals surface area contributed by atoms with Gasteiger partial charge < -0.3 is 5.32 Å². The van der Waals surface area contributed by atoms with Gasteiger partial charge in [0, 0.05) is 5.56 Å². The molecule has 0 saturated carbocycles. The number of alkyl halides is 2. The van der Waals surface area contributed by atoms with Gasteiger partial charge in [0.15, 0.2) is 0 Å². The van der Waals surface area contributed by atoms with E-state index in [4.69, 9.17) is 11.6 Å². The number of anilines is 1. The van der Waals surface area contributed by atoms with Crippen LogP contribution in [0.4, 0.5) is 14.5 Å². The Morgan fingerprint density at radius 1 is 1.11 bits per heavy atom. The second-order valence-corrected chi connectivity index (χ2v) is 4.81. The molecule has 1 N–H and O–H groups in total. The maximum atomic E-state index is 13.9. The molecule has 0 unspecified atom stereocenters. The smallest absolute Gasteiger partial charge is 0.290 e. The average molecular weight is 282 g/mol. The van der Waals surface area contributed by atoms with Gasteiger partial charge in [-0.2, -0.15) is 8.78 Å². The van der Waals surface area contributed by atoms with E-state index < -0.39 is 12.5 Å². The Labute approximate surface area is 116 Å². The predicted molar refractivity (Wildman–Crippen MR) is 75.0 cm³/mol. The molecular formula is C15H14ClF2N. The van der Waals surface area contributed by atoms with Gasteiger partial charge in [-0.05, 0) is 24.6 Å². The van der Waals surface area contributed by atoms with E-state index in [1.54, 1.807) is 30.3 Å². The van der Waals surface area contributed by atoms with Crippen LogP contribution in [-0.2, 0) is 5.92 Å². The van der Waals surface area contributed by atoms with Gasteiger partial charge >= 0.3 is 0 Å². The highest BCUT2D eigenvalue weighted by molar-refractivity contribution is 6.33. The van der Waals surface area contributed by atoms with Crippen molar-refractivity contribution in [1.82, 2.24) is 0 Å². The minimum absolute atomic E-state index is 0.00858. The molecule has 0 heterocycles. The van der Waals surface area contributed by atoms with Crippen molar-refractivity contribution < 1.29 is 8.78 Å². The average Bonchev–Trinajstić information content (AvgIpc) is 2.39. The summed E-state index contributed by atoms with van der Waals surface area (Å²) in [6.45, 7) is 1.41. The third kappa shape index (κ3) is 3.44. The first-order valence-electron chi connectivity index (χ1n) is 5.92. The molecule has 2 aromatic carbocycles. The number of nitrogens with one attached hydrogen (secondary N) is 1. The molecule has 0 aliphatic carbocycles. The highest BCUT2D eigenvalue weighted by Gasteiger charge is 2.31. The monoisotopic (exact) mass is 281 g/mol. The molecular weight excluding hydrogens is 268 g/mol. The fourth-order valence-corrected chi connectivity index (χ4v) is 2.06. The topological polar surface area (TPSA) is 12.0 Å². The van der Waals surface area contributed by atoms with Gasteiger partial charge in [-0.15, -0.1) is 0 Å². The second-order valence-electron chi connectivity index (χ2n) is 4.41. The number of benzene rings is 2. The SMILES string of the molecule is Cc1ccc(NCC(F)(F)c2ccccc2)c(Cl)c1. The van der Waals surface area contributed by atoms with Crippen molar-refractivity contribution in [2.24, 2.45) is 0 Å². The van der Waals surface area contributed by atoms with Crippen molar-refractivity contribution in [3.63, 3.8) is 0 Å². The number of hydrogen-bond donors (Lipinski definition) is 1. The molecule has 0 amide bonds. The van der Waals surface area contributed by atoms with E-state index in [0.29, 0.717) is 10.7 Å². The Bertz CT molecular complexity index is 555. The molecule has 0 fully saturated rings. The Hall–Kier alpha value is -1.61. The molecule has 0 bridgehead atoms. The lowest BCUT2D eigenvalue weighted by atomic mass is 10.1. The van der Waals surface area contributed by atoms with Gasteiger partial charge in [-0.3, -0.25) is 0 Å². The fourth-order valence-electron chi connectivity index (χ4n) is 1.75. The number of rotatable bonds is 4. The largest absolute Gasteiger partial charge is 0.377 e. The third-order valence-corrected chi connectivity index (χ3v) is 3.13. The summed E-state index contributed by atoms with van der Waals surface area (Å²) in [5.74, 6) is -2.94. The summed E-state index contributed by atoms with van der Waals surface area (Å²) < 4.78 is 27.9. The zero-order chi connectivity index (χ0) is 13.9. The van der Waals surface area contributed by atoms with Crippen LogP contribution in [0.2, 0.25) is 5.02 Å². The normalized spacial score (nSPS) is 11.4. The summed E-state index contributed by atoms with van der Waals surface area (Å²) in [4.78, 5) is 0. The summed E-state index contributed by atoms with van der Waals surface area (Å²) in [6.07, 6.45) is 0. The van der Waals surface area contributed by atoms with Crippen molar-refractivity contribution in [2.75, 3.05) is 11.9 Å². The molecule has 4 heteroatoms. The Morgan fingerprint density at radius 3 is 2.42 bits per heavy atom. The maximum Gasteiger partial charge on any atom is 0.290 e. The second kappa shape index (κ2) is 5.57. The molecule has 0 spiro atoms. The molecule has 100 valence electrons. The number of aryl methyl sites for hydroxylation is 1. The lowest BCUT2D eigenvalue weighted by Gasteiger charge is -2.18. The quantitative estimate of drug-likeness (QED) is 0.844. The van der Waals surface area contributed by atoms with Gasteiger partial charge in [-0.25, -0.2) is 0 Å². The molecule has 0 aliphatic rings. The van der Waals surface area contributed by atoms with Crippen LogP contribution in [0.5, 0.6) is 0 Å². The van der Waals surface area contributed by atoms with Crippen molar-refractivity contribution in [2.45, 2.75) is 12.8 Å². The van der Waals surface area contributed by atoms with E-state index in [2.05, 4.69) is 5.32 Å². The van der Waals surface area contributed by atoms with Gasteiger partial charge in [-0.1, -0.05) is 48.0 Å². The summed E-state index contributed by atoms with van der Waals surface area (Å²) in [7, 11) is 0. The van der Waals surface area contributed by atoms with E-state index in [-0.39, 0.29) is 5.56 Å². The summed E-state index contributed by atoms with van der Waals surface area (Å²) in [5, 5.41) is 3.14. The minimum Gasteiger partial charge on any atom is -0.377 e. The molecule has 0 saturated heterocycles. The summed E-state index contributed by atoms with van der Waals surface area (Å²) in [5.41, 5.74) is 1.50. The molecule has 0 atom stereocenters. The van der Waals surface area contributed by atoms with E-state index in [1.165, 1.54) is 12.1 Å². The van der Waals surface area contributed by atoms with E-state index in [1.807, 2.05) is 13.0 Å². The first-order chi connectivity index (χ1) is 8.99. The number of halogens is 3. The van der Waals surface area contributed by atoms with E-state index >= 15 is 0 Å². The summed E-state index contributed by atoms with van der Waals surface area (Å²) in [6, 6.07) is 13.0. The molecule has 0 aromatic heterocycles. The lowest BCUT2D eigenvalue weighted by molar-refractivity contribution is 0.0106. The third-order valence-electron chi connectivity index (χ3n) is 2.82. The van der Waals surface area contributed by atoms with Gasteiger partial charge in [0.05, 0.1) is 17.3 Å². The Balaban J connectivity index is 2.09. The van der Waals surface area contributed by atoms with Crippen molar-refractivity contribution in [1.29, 1.82) is 0 Å². The Morgan fingerprint density at radius 2 is 1.79 bits per heavy atom. The molecule has 19 heavy (non-hydrogen) atoms.